The van der Waals surface area contributed by atoms with Crippen LogP contribution in [0.2, 0.25) is 0 Å². The van der Waals surface area contributed by atoms with Crippen LogP contribution in [0.4, 0.5) is 0 Å². The molecule has 1 aromatic carbocycles. The number of nitrogens with zero attached hydrogens (tertiary/aromatic N) is 1. The molecule has 0 spiro atoms. The maximum absolute atomic E-state index is 12.9. The summed E-state index contributed by atoms with van der Waals surface area (Å²) in [5, 5.41) is 5.01. The van der Waals surface area contributed by atoms with Crippen LogP contribution in [-0.4, -0.2) is 31.7 Å². The predicted octanol–water partition coefficient (Wildman–Crippen LogP) is 4.30. The van der Waals surface area contributed by atoms with Gasteiger partial charge in [0.1, 0.15) is 4.21 Å². The molecule has 2 heterocycles. The van der Waals surface area contributed by atoms with Crippen molar-refractivity contribution in [3.63, 3.8) is 0 Å². The zero-order valence-corrected chi connectivity index (χ0v) is 19.1. The van der Waals surface area contributed by atoms with Crippen LogP contribution >= 0.6 is 11.3 Å². The summed E-state index contributed by atoms with van der Waals surface area (Å²) in [6.45, 7) is 2.89. The topological polar surface area (TPSA) is 66.5 Å². The minimum Gasteiger partial charge on any atom is -0.349 e. The van der Waals surface area contributed by atoms with Crippen LogP contribution in [-0.2, 0) is 27.7 Å². The summed E-state index contributed by atoms with van der Waals surface area (Å²) in [5.41, 5.74) is 4.06. The van der Waals surface area contributed by atoms with E-state index in [9.17, 15) is 13.2 Å². The lowest BCUT2D eigenvalue weighted by Crippen LogP contribution is -2.43. The van der Waals surface area contributed by atoms with Gasteiger partial charge in [-0.25, -0.2) is 8.42 Å². The highest BCUT2D eigenvalue weighted by Crippen LogP contribution is 2.29. The van der Waals surface area contributed by atoms with Crippen molar-refractivity contribution < 1.29 is 13.2 Å². The van der Waals surface area contributed by atoms with Crippen LogP contribution in [0.5, 0.6) is 0 Å². The number of aryl methyl sites for hydroxylation is 2. The van der Waals surface area contributed by atoms with E-state index < -0.39 is 10.0 Å². The van der Waals surface area contributed by atoms with Crippen molar-refractivity contribution >= 4 is 27.3 Å². The number of amides is 1. The Morgan fingerprint density at radius 1 is 1.17 bits per heavy atom. The Balaban J connectivity index is 1.37. The lowest BCUT2D eigenvalue weighted by atomic mass is 9.88. The quantitative estimate of drug-likeness (QED) is 0.720. The molecule has 0 saturated carbocycles. The molecule has 1 aliphatic carbocycles. The third kappa shape index (κ3) is 4.48. The van der Waals surface area contributed by atoms with Gasteiger partial charge < -0.3 is 5.32 Å². The Morgan fingerprint density at radius 3 is 2.57 bits per heavy atom. The largest absolute Gasteiger partial charge is 0.349 e. The molecular formula is C23H30N2O3S2. The maximum atomic E-state index is 12.9. The van der Waals surface area contributed by atoms with Crippen molar-refractivity contribution in [1.82, 2.24) is 9.62 Å². The molecule has 1 amide bonds. The SMILES string of the molecule is CC[C@@H](NC(=O)C1CCN(S(=O)(=O)c2cccs2)CC1)c1ccc2c(c1)CCCC2. The van der Waals surface area contributed by atoms with Gasteiger partial charge in [0.2, 0.25) is 5.91 Å². The fourth-order valence-corrected chi connectivity index (χ4v) is 7.19. The molecule has 5 nitrogen and oxygen atoms in total. The van der Waals surface area contributed by atoms with E-state index in [1.165, 1.54) is 45.2 Å². The molecule has 162 valence electrons. The molecule has 2 aromatic rings. The first-order valence-electron chi connectivity index (χ1n) is 10.9. The molecule has 4 rings (SSSR count). The molecule has 1 atom stereocenters. The number of thiophene rings is 1. The van der Waals surface area contributed by atoms with Crippen molar-refractivity contribution in [2.75, 3.05) is 13.1 Å². The first-order chi connectivity index (χ1) is 14.5. The van der Waals surface area contributed by atoms with Gasteiger partial charge in [0.05, 0.1) is 6.04 Å². The smallest absolute Gasteiger partial charge is 0.252 e. The van der Waals surface area contributed by atoms with Crippen molar-refractivity contribution in [2.45, 2.75) is 62.1 Å². The minimum atomic E-state index is -3.43. The molecule has 1 aliphatic heterocycles. The number of fused-ring (bicyclic) bond motifs is 1. The fourth-order valence-electron chi connectivity index (χ4n) is 4.58. The Morgan fingerprint density at radius 2 is 1.90 bits per heavy atom. The third-order valence-corrected chi connectivity index (χ3v) is 9.69. The molecule has 0 unspecified atom stereocenters. The summed E-state index contributed by atoms with van der Waals surface area (Å²) < 4.78 is 27.3. The van der Waals surface area contributed by atoms with Gasteiger partial charge in [-0.3, -0.25) is 4.79 Å². The Labute approximate surface area is 183 Å². The van der Waals surface area contributed by atoms with E-state index >= 15 is 0 Å². The van der Waals surface area contributed by atoms with Gasteiger partial charge in [0.15, 0.2) is 0 Å². The number of hydrogen-bond acceptors (Lipinski definition) is 4. The second-order valence-corrected chi connectivity index (χ2v) is 11.4. The molecule has 30 heavy (non-hydrogen) atoms. The molecule has 1 fully saturated rings. The summed E-state index contributed by atoms with van der Waals surface area (Å²) in [5.74, 6) is -0.0841. The summed E-state index contributed by atoms with van der Waals surface area (Å²) in [6.07, 6.45) is 6.77. The summed E-state index contributed by atoms with van der Waals surface area (Å²) in [7, 11) is -3.43. The van der Waals surface area contributed by atoms with Crippen LogP contribution in [0, 0.1) is 5.92 Å². The van der Waals surface area contributed by atoms with Gasteiger partial charge >= 0.3 is 0 Å². The minimum absolute atomic E-state index is 0.0117. The van der Waals surface area contributed by atoms with Gasteiger partial charge in [-0.2, -0.15) is 4.31 Å². The standard InChI is InChI=1S/C23H30N2O3S2/c1-2-21(20-10-9-17-6-3-4-7-19(17)16-20)24-23(26)18-11-13-25(14-12-18)30(27,28)22-8-5-15-29-22/h5,8-10,15-16,18,21H,2-4,6-7,11-14H2,1H3,(H,24,26)/t21-/m1/s1. The summed E-state index contributed by atoms with van der Waals surface area (Å²) in [6, 6.07) is 10.1. The zero-order chi connectivity index (χ0) is 21.1. The fraction of sp³-hybridized carbons (Fsp3) is 0.522. The maximum Gasteiger partial charge on any atom is 0.252 e. The van der Waals surface area contributed by atoms with Crippen LogP contribution in [0.25, 0.3) is 0 Å². The molecule has 0 bridgehead atoms. The van der Waals surface area contributed by atoms with E-state index in [4.69, 9.17) is 0 Å². The number of carbonyl (C=O) groups is 1. The normalized spacial score (nSPS) is 19.2. The highest BCUT2D eigenvalue weighted by atomic mass is 32.2. The van der Waals surface area contributed by atoms with Gasteiger partial charge in [-0.1, -0.05) is 31.2 Å². The lowest BCUT2D eigenvalue weighted by molar-refractivity contribution is -0.126. The number of rotatable bonds is 6. The number of sulfonamides is 1. The highest BCUT2D eigenvalue weighted by molar-refractivity contribution is 7.91. The number of nitrogens with one attached hydrogen (secondary N) is 1. The van der Waals surface area contributed by atoms with E-state index in [2.05, 4.69) is 30.4 Å². The molecule has 1 N–H and O–H groups in total. The molecule has 1 aromatic heterocycles. The monoisotopic (exact) mass is 446 g/mol. The molecule has 0 radical (unpaired) electrons. The third-order valence-electron chi connectivity index (χ3n) is 6.41. The van der Waals surface area contributed by atoms with Crippen molar-refractivity contribution in [3.8, 4) is 0 Å². The first-order valence-corrected chi connectivity index (χ1v) is 13.3. The average Bonchev–Trinajstić information content (AvgIpc) is 3.33. The van der Waals surface area contributed by atoms with E-state index in [0.29, 0.717) is 30.1 Å². The van der Waals surface area contributed by atoms with Crippen LogP contribution in [0.15, 0.2) is 39.9 Å². The Kier molecular flexibility index (Phi) is 6.60. The number of hydrogen-bond donors (Lipinski definition) is 1. The Hall–Kier alpha value is -1.70. The van der Waals surface area contributed by atoms with Gasteiger partial charge in [0.25, 0.3) is 10.0 Å². The van der Waals surface area contributed by atoms with Gasteiger partial charge in [-0.05, 0) is 73.1 Å². The van der Waals surface area contributed by atoms with Crippen LogP contribution in [0.1, 0.15) is 61.8 Å². The highest BCUT2D eigenvalue weighted by Gasteiger charge is 2.33. The molecule has 2 aliphatic rings. The molecular weight excluding hydrogens is 416 g/mol. The summed E-state index contributed by atoms with van der Waals surface area (Å²) in [4.78, 5) is 12.9. The summed E-state index contributed by atoms with van der Waals surface area (Å²) >= 11 is 1.24. The van der Waals surface area contributed by atoms with Crippen molar-refractivity contribution in [1.29, 1.82) is 0 Å². The predicted molar refractivity (Wildman–Crippen MR) is 120 cm³/mol. The zero-order valence-electron chi connectivity index (χ0n) is 17.5. The number of benzene rings is 1. The number of carbonyl (C=O) groups excluding carboxylic acids is 1. The second kappa shape index (κ2) is 9.20. The van der Waals surface area contributed by atoms with Gasteiger partial charge in [-0.15, -0.1) is 11.3 Å². The molecule has 7 heteroatoms. The molecule has 1 saturated heterocycles. The van der Waals surface area contributed by atoms with E-state index in [1.54, 1.807) is 17.5 Å². The van der Waals surface area contributed by atoms with E-state index in [0.717, 1.165) is 19.3 Å². The van der Waals surface area contributed by atoms with Crippen LogP contribution in [0.3, 0.4) is 0 Å². The second-order valence-electron chi connectivity index (χ2n) is 8.32. The Bertz CT molecular complexity index is 978. The van der Waals surface area contributed by atoms with Crippen molar-refractivity contribution in [3.05, 3.63) is 52.4 Å². The average molecular weight is 447 g/mol. The van der Waals surface area contributed by atoms with E-state index in [1.807, 2.05) is 0 Å². The van der Waals surface area contributed by atoms with Crippen molar-refractivity contribution in [2.24, 2.45) is 5.92 Å². The van der Waals surface area contributed by atoms with E-state index in [-0.39, 0.29) is 17.9 Å². The lowest BCUT2D eigenvalue weighted by Gasteiger charge is -2.31. The van der Waals surface area contributed by atoms with Crippen LogP contribution < -0.4 is 5.32 Å². The number of piperidine rings is 1. The van der Waals surface area contributed by atoms with Gasteiger partial charge in [0, 0.05) is 19.0 Å². The first kappa shape index (κ1) is 21.5.